The number of Topliss-reactive ketones (excluding diaryl/α,β-unsaturated/α-hetero) is 1. The van der Waals surface area contributed by atoms with Gasteiger partial charge >= 0.3 is 5.97 Å². The molecule has 0 aliphatic rings. The van der Waals surface area contributed by atoms with Crippen molar-refractivity contribution in [2.24, 2.45) is 0 Å². The van der Waals surface area contributed by atoms with E-state index in [1.54, 1.807) is 0 Å². The van der Waals surface area contributed by atoms with E-state index in [0.717, 1.165) is 11.2 Å². The first kappa shape index (κ1) is 20.5. The molecule has 0 amide bonds. The molecule has 0 unspecified atom stereocenters. The summed E-state index contributed by atoms with van der Waals surface area (Å²) in [5.74, 6) is -1.39. The number of benzene rings is 1. The summed E-state index contributed by atoms with van der Waals surface area (Å²) in [6, 6.07) is 7.75. The maximum absolute atomic E-state index is 11.9. The number of aromatic carboxylic acids is 1. The van der Waals surface area contributed by atoms with Gasteiger partial charge in [-0.1, -0.05) is 51.2 Å². The highest BCUT2D eigenvalue weighted by molar-refractivity contribution is 5.82. The summed E-state index contributed by atoms with van der Waals surface area (Å²) in [4.78, 5) is 23.5. The second-order valence-corrected chi connectivity index (χ2v) is 6.44. The molecule has 2 aromatic rings. The Bertz CT molecular complexity index is 728. The molecule has 0 radical (unpaired) electrons. The van der Waals surface area contributed by atoms with Crippen LogP contribution in [0.25, 0.3) is 0 Å². The van der Waals surface area contributed by atoms with Gasteiger partial charge in [0.25, 0.3) is 5.82 Å². The van der Waals surface area contributed by atoms with Gasteiger partial charge < -0.3 is 9.84 Å². The van der Waals surface area contributed by atoms with E-state index in [0.29, 0.717) is 5.75 Å². The van der Waals surface area contributed by atoms with Crippen LogP contribution in [0.4, 0.5) is 0 Å². The van der Waals surface area contributed by atoms with Crippen molar-refractivity contribution < 1.29 is 19.4 Å². The van der Waals surface area contributed by atoms with Crippen LogP contribution >= 0.6 is 0 Å². The van der Waals surface area contributed by atoms with Gasteiger partial charge in [0.2, 0.25) is 0 Å². The number of hydrogen-bond donors (Lipinski definition) is 1. The average molecular weight is 374 g/mol. The minimum Gasteiger partial charge on any atom is -0.486 e. The Labute approximate surface area is 158 Å². The van der Waals surface area contributed by atoms with Crippen LogP contribution in [0.1, 0.15) is 61.6 Å². The lowest BCUT2D eigenvalue weighted by Crippen LogP contribution is -2.19. The van der Waals surface area contributed by atoms with E-state index in [-0.39, 0.29) is 18.9 Å². The molecule has 8 heteroatoms. The summed E-state index contributed by atoms with van der Waals surface area (Å²) < 4.78 is 5.46. The van der Waals surface area contributed by atoms with Crippen molar-refractivity contribution >= 4 is 11.8 Å². The maximum Gasteiger partial charge on any atom is 0.377 e. The fourth-order valence-corrected chi connectivity index (χ4v) is 2.62. The summed E-state index contributed by atoms with van der Waals surface area (Å²) in [5, 5.41) is 19.2. The van der Waals surface area contributed by atoms with Crippen molar-refractivity contribution in [1.29, 1.82) is 0 Å². The van der Waals surface area contributed by atoms with E-state index >= 15 is 0 Å². The number of nitrogens with zero attached hydrogens (tertiary/aromatic N) is 4. The van der Waals surface area contributed by atoms with E-state index in [4.69, 9.17) is 9.84 Å². The standard InChI is InChI=1S/C19H26N4O4/c1-2-3-4-5-6-7-8-15-9-11-17(12-10-15)27-14-16(24)13-23-21-18(19(25)26)20-22-23/h9-12H,2-8,13-14H2,1H3,(H,25,26). The molecule has 1 aromatic heterocycles. The van der Waals surface area contributed by atoms with Gasteiger partial charge in [0.1, 0.15) is 18.9 Å². The number of hydrogen-bond acceptors (Lipinski definition) is 6. The first-order valence-corrected chi connectivity index (χ1v) is 9.33. The molecular weight excluding hydrogens is 348 g/mol. The molecule has 1 heterocycles. The molecule has 1 aromatic carbocycles. The number of carbonyl (C=O) groups is 2. The Morgan fingerprint density at radius 3 is 2.44 bits per heavy atom. The van der Waals surface area contributed by atoms with Crippen LogP contribution in [-0.2, 0) is 17.8 Å². The summed E-state index contributed by atoms with van der Waals surface area (Å²) in [6.45, 7) is 1.90. The maximum atomic E-state index is 11.9. The largest absolute Gasteiger partial charge is 0.486 e. The molecular formula is C19H26N4O4. The molecule has 0 aliphatic carbocycles. The Morgan fingerprint density at radius 1 is 1.07 bits per heavy atom. The molecule has 1 N–H and O–H groups in total. The van der Waals surface area contributed by atoms with E-state index in [1.165, 1.54) is 44.1 Å². The quantitative estimate of drug-likeness (QED) is 0.537. The lowest BCUT2D eigenvalue weighted by atomic mass is 10.0. The van der Waals surface area contributed by atoms with Crippen molar-refractivity contribution in [2.75, 3.05) is 6.61 Å². The molecule has 0 saturated carbocycles. The van der Waals surface area contributed by atoms with Gasteiger partial charge in [0, 0.05) is 0 Å². The van der Waals surface area contributed by atoms with Crippen LogP contribution < -0.4 is 4.74 Å². The summed E-state index contributed by atoms with van der Waals surface area (Å²) >= 11 is 0. The average Bonchev–Trinajstić information content (AvgIpc) is 3.12. The normalized spacial score (nSPS) is 10.7. The Hall–Kier alpha value is -2.77. The third-order valence-corrected chi connectivity index (χ3v) is 4.10. The van der Waals surface area contributed by atoms with Gasteiger partial charge in [-0.25, -0.2) is 4.79 Å². The van der Waals surface area contributed by atoms with Crippen LogP contribution in [0.3, 0.4) is 0 Å². The van der Waals surface area contributed by atoms with Crippen molar-refractivity contribution in [2.45, 2.75) is 58.4 Å². The molecule has 0 atom stereocenters. The Kier molecular flexibility index (Phi) is 8.41. The third kappa shape index (κ3) is 7.55. The fourth-order valence-electron chi connectivity index (χ4n) is 2.62. The van der Waals surface area contributed by atoms with Gasteiger partial charge in [-0.2, -0.15) is 4.80 Å². The zero-order chi connectivity index (χ0) is 19.5. The van der Waals surface area contributed by atoms with Crippen molar-refractivity contribution in [3.63, 3.8) is 0 Å². The van der Waals surface area contributed by atoms with E-state index < -0.39 is 11.8 Å². The van der Waals surface area contributed by atoms with Crippen LogP contribution in [0.15, 0.2) is 24.3 Å². The number of carbonyl (C=O) groups excluding carboxylic acids is 1. The van der Waals surface area contributed by atoms with Gasteiger partial charge in [-0.3, -0.25) is 4.79 Å². The van der Waals surface area contributed by atoms with E-state index in [2.05, 4.69) is 22.3 Å². The van der Waals surface area contributed by atoms with Gasteiger partial charge in [0.15, 0.2) is 5.78 Å². The summed E-state index contributed by atoms with van der Waals surface area (Å²) in [6.07, 6.45) is 8.69. The predicted molar refractivity (Wildman–Crippen MR) is 98.8 cm³/mol. The van der Waals surface area contributed by atoms with Crippen molar-refractivity contribution in [3.05, 3.63) is 35.7 Å². The zero-order valence-electron chi connectivity index (χ0n) is 15.6. The lowest BCUT2D eigenvalue weighted by molar-refractivity contribution is -0.122. The number of carboxylic acid groups (broad SMARTS) is 1. The third-order valence-electron chi connectivity index (χ3n) is 4.10. The van der Waals surface area contributed by atoms with Crippen LogP contribution in [0.2, 0.25) is 0 Å². The van der Waals surface area contributed by atoms with Crippen LogP contribution in [0.5, 0.6) is 5.75 Å². The molecule has 0 bridgehead atoms. The second-order valence-electron chi connectivity index (χ2n) is 6.44. The Morgan fingerprint density at radius 2 is 1.78 bits per heavy atom. The molecule has 8 nitrogen and oxygen atoms in total. The van der Waals surface area contributed by atoms with Crippen molar-refractivity contribution in [3.8, 4) is 5.75 Å². The lowest BCUT2D eigenvalue weighted by Gasteiger charge is -2.07. The number of aryl methyl sites for hydroxylation is 1. The number of rotatable bonds is 13. The van der Waals surface area contributed by atoms with E-state index in [1.807, 2.05) is 24.3 Å². The fraction of sp³-hybridized carbons (Fsp3) is 0.526. The summed E-state index contributed by atoms with van der Waals surface area (Å²) in [5.41, 5.74) is 1.26. The number of tetrazole rings is 1. The topological polar surface area (TPSA) is 107 Å². The first-order chi connectivity index (χ1) is 13.1. The monoisotopic (exact) mass is 374 g/mol. The molecule has 146 valence electrons. The van der Waals surface area contributed by atoms with Gasteiger partial charge in [-0.15, -0.1) is 10.2 Å². The number of ether oxygens (including phenoxy) is 1. The number of carboxylic acids is 1. The minimum atomic E-state index is -1.29. The van der Waals surface area contributed by atoms with E-state index in [9.17, 15) is 9.59 Å². The van der Waals surface area contributed by atoms with Gasteiger partial charge in [-0.05, 0) is 35.8 Å². The van der Waals surface area contributed by atoms with Crippen LogP contribution in [0, 0.1) is 0 Å². The number of aromatic nitrogens is 4. The predicted octanol–water partition coefficient (Wildman–Crippen LogP) is 2.92. The SMILES string of the molecule is CCCCCCCCc1ccc(OCC(=O)Cn2nnc(C(=O)O)n2)cc1. The van der Waals surface area contributed by atoms with Crippen LogP contribution in [-0.4, -0.2) is 43.7 Å². The molecule has 0 aliphatic heterocycles. The molecule has 27 heavy (non-hydrogen) atoms. The zero-order valence-corrected chi connectivity index (χ0v) is 15.6. The molecule has 0 fully saturated rings. The van der Waals surface area contributed by atoms with Gasteiger partial charge in [0.05, 0.1) is 0 Å². The Balaban J connectivity index is 1.68. The summed E-state index contributed by atoms with van der Waals surface area (Å²) in [7, 11) is 0. The highest BCUT2D eigenvalue weighted by Gasteiger charge is 2.13. The number of unbranched alkanes of at least 4 members (excludes halogenated alkanes) is 5. The smallest absolute Gasteiger partial charge is 0.377 e. The first-order valence-electron chi connectivity index (χ1n) is 9.33. The van der Waals surface area contributed by atoms with Crippen molar-refractivity contribution in [1.82, 2.24) is 20.2 Å². The highest BCUT2D eigenvalue weighted by Crippen LogP contribution is 2.15. The molecule has 0 spiro atoms. The highest BCUT2D eigenvalue weighted by atomic mass is 16.5. The second kappa shape index (κ2) is 11.1. The molecule has 0 saturated heterocycles. The minimum absolute atomic E-state index is 0.138. The molecule has 2 rings (SSSR count). The number of ketones is 1.